The summed E-state index contributed by atoms with van der Waals surface area (Å²) in [4.78, 5) is 16.6. The number of methoxy groups -OCH3 is 2. The number of rotatable bonds is 6. The van der Waals surface area contributed by atoms with Gasteiger partial charge in [0.1, 0.15) is 11.6 Å². The van der Waals surface area contributed by atoms with Crippen LogP contribution in [0.4, 0.5) is 21.6 Å². The van der Waals surface area contributed by atoms with Crippen molar-refractivity contribution in [3.8, 4) is 11.5 Å². The predicted molar refractivity (Wildman–Crippen MR) is 101 cm³/mol. The Morgan fingerprint density at radius 3 is 2.52 bits per heavy atom. The minimum atomic E-state index is -0.418. The summed E-state index contributed by atoms with van der Waals surface area (Å²) in [6, 6.07) is 14.2. The first kappa shape index (κ1) is 18.2. The number of halogens is 1. The van der Waals surface area contributed by atoms with Gasteiger partial charge in [0, 0.05) is 29.2 Å². The van der Waals surface area contributed by atoms with Crippen LogP contribution in [0, 0.1) is 5.82 Å². The standard InChI is InChI=1S/C20H18FN3O3/c1-26-17-7-6-16(12-18(17)27-2)23-19-10-13(8-9-22-19)20(25)24-15-5-3-4-14(21)11-15/h3-12H,1-2H3,(H,22,23)(H,24,25). The van der Waals surface area contributed by atoms with E-state index in [9.17, 15) is 9.18 Å². The van der Waals surface area contributed by atoms with Gasteiger partial charge in [-0.05, 0) is 42.5 Å². The summed E-state index contributed by atoms with van der Waals surface area (Å²) in [5, 5.41) is 5.76. The van der Waals surface area contributed by atoms with E-state index in [4.69, 9.17) is 9.47 Å². The van der Waals surface area contributed by atoms with Crippen LogP contribution >= 0.6 is 0 Å². The number of carbonyl (C=O) groups excluding carboxylic acids is 1. The Bertz CT molecular complexity index is 963. The third-order valence-corrected chi connectivity index (χ3v) is 3.76. The lowest BCUT2D eigenvalue weighted by atomic mass is 10.2. The van der Waals surface area contributed by atoms with Crippen LogP contribution in [0.25, 0.3) is 0 Å². The quantitative estimate of drug-likeness (QED) is 0.682. The fourth-order valence-corrected chi connectivity index (χ4v) is 2.47. The molecule has 0 saturated carbocycles. The summed E-state index contributed by atoms with van der Waals surface area (Å²) in [7, 11) is 3.12. The van der Waals surface area contributed by atoms with Gasteiger partial charge in [0.15, 0.2) is 11.5 Å². The van der Waals surface area contributed by atoms with E-state index in [2.05, 4.69) is 15.6 Å². The van der Waals surface area contributed by atoms with Crippen molar-refractivity contribution in [2.75, 3.05) is 24.9 Å². The average Bonchev–Trinajstić information content (AvgIpc) is 2.68. The van der Waals surface area contributed by atoms with E-state index in [0.29, 0.717) is 28.6 Å². The minimum Gasteiger partial charge on any atom is -0.493 e. The first-order chi connectivity index (χ1) is 13.1. The molecule has 0 aliphatic heterocycles. The number of nitrogens with zero attached hydrogens (tertiary/aromatic N) is 1. The Labute approximate surface area is 156 Å². The number of amides is 1. The molecule has 7 heteroatoms. The highest BCUT2D eigenvalue weighted by molar-refractivity contribution is 6.04. The van der Waals surface area contributed by atoms with Crippen LogP contribution < -0.4 is 20.1 Å². The third-order valence-electron chi connectivity index (χ3n) is 3.76. The molecule has 3 rings (SSSR count). The Morgan fingerprint density at radius 2 is 1.78 bits per heavy atom. The van der Waals surface area contributed by atoms with Gasteiger partial charge in [-0.15, -0.1) is 0 Å². The van der Waals surface area contributed by atoms with Gasteiger partial charge >= 0.3 is 0 Å². The highest BCUT2D eigenvalue weighted by Gasteiger charge is 2.09. The summed E-state index contributed by atoms with van der Waals surface area (Å²) >= 11 is 0. The van der Waals surface area contributed by atoms with Crippen molar-refractivity contribution < 1.29 is 18.7 Å². The maximum Gasteiger partial charge on any atom is 0.255 e. The van der Waals surface area contributed by atoms with E-state index in [0.717, 1.165) is 5.69 Å². The molecular formula is C20H18FN3O3. The van der Waals surface area contributed by atoms with Crippen LogP contribution in [-0.4, -0.2) is 25.1 Å². The monoisotopic (exact) mass is 367 g/mol. The predicted octanol–water partition coefficient (Wildman–Crippen LogP) is 4.23. The first-order valence-electron chi connectivity index (χ1n) is 8.11. The lowest BCUT2D eigenvalue weighted by molar-refractivity contribution is 0.102. The zero-order valence-electron chi connectivity index (χ0n) is 14.8. The SMILES string of the molecule is COc1ccc(Nc2cc(C(=O)Nc3cccc(F)c3)ccn2)cc1OC. The fourth-order valence-electron chi connectivity index (χ4n) is 2.47. The van der Waals surface area contributed by atoms with Gasteiger partial charge in [0.05, 0.1) is 14.2 Å². The molecule has 2 aromatic carbocycles. The van der Waals surface area contributed by atoms with Crippen LogP contribution in [0.1, 0.15) is 10.4 Å². The molecule has 0 bridgehead atoms. The van der Waals surface area contributed by atoms with Crippen molar-refractivity contribution in [1.29, 1.82) is 0 Å². The van der Waals surface area contributed by atoms with Crippen LogP contribution in [-0.2, 0) is 0 Å². The van der Waals surface area contributed by atoms with Crippen molar-refractivity contribution >= 4 is 23.1 Å². The van der Waals surface area contributed by atoms with Crippen LogP contribution in [0.15, 0.2) is 60.8 Å². The van der Waals surface area contributed by atoms with E-state index in [1.165, 1.54) is 24.4 Å². The summed E-state index contributed by atoms with van der Waals surface area (Å²) in [5.41, 5.74) is 1.49. The fraction of sp³-hybridized carbons (Fsp3) is 0.100. The minimum absolute atomic E-state index is 0.363. The van der Waals surface area contributed by atoms with Crippen LogP contribution in [0.3, 0.4) is 0 Å². The zero-order chi connectivity index (χ0) is 19.2. The molecule has 0 aliphatic rings. The number of pyridine rings is 1. The average molecular weight is 367 g/mol. The number of hydrogen-bond donors (Lipinski definition) is 2. The molecule has 0 spiro atoms. The lowest BCUT2D eigenvalue weighted by Gasteiger charge is -2.11. The maximum absolute atomic E-state index is 13.3. The maximum atomic E-state index is 13.3. The van der Waals surface area contributed by atoms with Gasteiger partial charge in [-0.1, -0.05) is 6.07 Å². The molecule has 138 valence electrons. The highest BCUT2D eigenvalue weighted by atomic mass is 19.1. The van der Waals surface area contributed by atoms with Gasteiger partial charge < -0.3 is 20.1 Å². The molecule has 0 fully saturated rings. The molecule has 0 radical (unpaired) electrons. The zero-order valence-corrected chi connectivity index (χ0v) is 14.8. The smallest absolute Gasteiger partial charge is 0.255 e. The number of aromatic nitrogens is 1. The molecule has 0 atom stereocenters. The number of nitrogens with one attached hydrogen (secondary N) is 2. The Balaban J connectivity index is 1.76. The molecule has 0 aliphatic carbocycles. The number of ether oxygens (including phenoxy) is 2. The van der Waals surface area contributed by atoms with E-state index in [1.807, 2.05) is 6.07 Å². The van der Waals surface area contributed by atoms with E-state index < -0.39 is 5.82 Å². The Hall–Kier alpha value is -3.61. The van der Waals surface area contributed by atoms with E-state index >= 15 is 0 Å². The lowest BCUT2D eigenvalue weighted by Crippen LogP contribution is -2.12. The summed E-state index contributed by atoms with van der Waals surface area (Å²) in [6.45, 7) is 0. The second-order valence-corrected chi connectivity index (χ2v) is 5.59. The molecular weight excluding hydrogens is 349 g/mol. The Kier molecular flexibility index (Phi) is 5.51. The molecule has 0 saturated heterocycles. The molecule has 2 N–H and O–H groups in total. The molecule has 1 heterocycles. The first-order valence-corrected chi connectivity index (χ1v) is 8.11. The number of anilines is 3. The second kappa shape index (κ2) is 8.18. The summed E-state index contributed by atoms with van der Waals surface area (Å²) in [5.74, 6) is 0.882. The highest BCUT2D eigenvalue weighted by Crippen LogP contribution is 2.30. The van der Waals surface area contributed by atoms with E-state index in [-0.39, 0.29) is 5.91 Å². The van der Waals surface area contributed by atoms with Gasteiger partial charge in [0.25, 0.3) is 5.91 Å². The molecule has 3 aromatic rings. The van der Waals surface area contributed by atoms with Crippen molar-refractivity contribution in [2.45, 2.75) is 0 Å². The number of carbonyl (C=O) groups is 1. The third kappa shape index (κ3) is 4.52. The van der Waals surface area contributed by atoms with Crippen molar-refractivity contribution in [3.05, 3.63) is 72.2 Å². The number of benzene rings is 2. The van der Waals surface area contributed by atoms with Crippen LogP contribution in [0.5, 0.6) is 11.5 Å². The largest absolute Gasteiger partial charge is 0.493 e. The van der Waals surface area contributed by atoms with Gasteiger partial charge in [-0.25, -0.2) is 9.37 Å². The Morgan fingerprint density at radius 1 is 0.963 bits per heavy atom. The van der Waals surface area contributed by atoms with Crippen molar-refractivity contribution in [1.82, 2.24) is 4.98 Å². The van der Waals surface area contributed by atoms with E-state index in [1.54, 1.807) is 44.6 Å². The van der Waals surface area contributed by atoms with Gasteiger partial charge in [-0.3, -0.25) is 4.79 Å². The topological polar surface area (TPSA) is 72.5 Å². The van der Waals surface area contributed by atoms with Crippen LogP contribution in [0.2, 0.25) is 0 Å². The van der Waals surface area contributed by atoms with Gasteiger partial charge in [-0.2, -0.15) is 0 Å². The van der Waals surface area contributed by atoms with Gasteiger partial charge in [0.2, 0.25) is 0 Å². The molecule has 6 nitrogen and oxygen atoms in total. The van der Waals surface area contributed by atoms with Crippen molar-refractivity contribution in [2.24, 2.45) is 0 Å². The number of hydrogen-bond acceptors (Lipinski definition) is 5. The molecule has 1 aromatic heterocycles. The summed E-state index contributed by atoms with van der Waals surface area (Å²) < 4.78 is 23.7. The molecule has 27 heavy (non-hydrogen) atoms. The summed E-state index contributed by atoms with van der Waals surface area (Å²) in [6.07, 6.45) is 1.52. The molecule has 1 amide bonds. The van der Waals surface area contributed by atoms with Crippen molar-refractivity contribution in [3.63, 3.8) is 0 Å². The normalized spacial score (nSPS) is 10.2. The second-order valence-electron chi connectivity index (χ2n) is 5.59. The molecule has 0 unspecified atom stereocenters.